The zero-order chi connectivity index (χ0) is 10.6. The normalized spacial score (nSPS) is 9.57. The van der Waals surface area contributed by atoms with Crippen LogP contribution in [0.15, 0.2) is 11.4 Å². The predicted octanol–water partition coefficient (Wildman–Crippen LogP) is 0.743. The van der Waals surface area contributed by atoms with E-state index in [2.05, 4.69) is 5.32 Å². The molecule has 0 aliphatic heterocycles. The molecule has 1 aromatic heterocycles. The molecule has 0 bridgehead atoms. The van der Waals surface area contributed by atoms with Crippen LogP contribution in [0.2, 0.25) is 0 Å². The van der Waals surface area contributed by atoms with Gasteiger partial charge in [-0.1, -0.05) is 0 Å². The third kappa shape index (κ3) is 2.56. The Kier molecular flexibility index (Phi) is 3.64. The smallest absolute Gasteiger partial charge is 0.239 e. The predicted molar refractivity (Wildman–Crippen MR) is 57.0 cm³/mol. The van der Waals surface area contributed by atoms with E-state index in [1.165, 1.54) is 11.3 Å². The molecule has 0 spiro atoms. The van der Waals surface area contributed by atoms with Gasteiger partial charge in [0.15, 0.2) is 6.29 Å². The Labute approximate surface area is 86.5 Å². The highest BCUT2D eigenvalue weighted by molar-refractivity contribution is 7.12. The minimum absolute atomic E-state index is 0.0497. The molecule has 0 aliphatic rings. The molecule has 0 saturated heterocycles. The van der Waals surface area contributed by atoms with Crippen LogP contribution in [0, 0.1) is 0 Å². The monoisotopic (exact) mass is 212 g/mol. The van der Waals surface area contributed by atoms with Crippen molar-refractivity contribution in [2.45, 2.75) is 0 Å². The summed E-state index contributed by atoms with van der Waals surface area (Å²) in [5.41, 5.74) is 0.890. The maximum Gasteiger partial charge on any atom is 0.239 e. The summed E-state index contributed by atoms with van der Waals surface area (Å²) in [6, 6.07) is 1.76. The summed E-state index contributed by atoms with van der Waals surface area (Å²) in [4.78, 5) is 24.0. The Morgan fingerprint density at radius 1 is 1.71 bits per heavy atom. The van der Waals surface area contributed by atoms with Gasteiger partial charge in [-0.15, -0.1) is 11.3 Å². The maximum absolute atomic E-state index is 11.1. The van der Waals surface area contributed by atoms with Crippen molar-refractivity contribution in [3.8, 4) is 0 Å². The number of aldehydes is 1. The van der Waals surface area contributed by atoms with E-state index in [0.29, 0.717) is 11.4 Å². The van der Waals surface area contributed by atoms with Crippen LogP contribution in [-0.2, 0) is 4.79 Å². The summed E-state index contributed by atoms with van der Waals surface area (Å²) >= 11 is 1.37. The summed E-state index contributed by atoms with van der Waals surface area (Å²) in [7, 11) is 3.41. The van der Waals surface area contributed by atoms with Crippen molar-refractivity contribution in [2.75, 3.05) is 25.5 Å². The average Bonchev–Trinajstić information content (AvgIpc) is 2.65. The van der Waals surface area contributed by atoms with Crippen molar-refractivity contribution in [2.24, 2.45) is 0 Å². The van der Waals surface area contributed by atoms with Gasteiger partial charge in [0.1, 0.15) is 0 Å². The maximum atomic E-state index is 11.1. The van der Waals surface area contributed by atoms with Crippen LogP contribution in [0.4, 0.5) is 5.69 Å². The number of hydrogen-bond donors (Lipinski definition) is 1. The number of nitrogens with one attached hydrogen (secondary N) is 1. The number of likely N-dealkylation sites (N-methyl/N-ethyl adjacent to an activating group) is 2. The molecule has 0 aromatic carbocycles. The van der Waals surface area contributed by atoms with E-state index >= 15 is 0 Å². The fraction of sp³-hybridized carbons (Fsp3) is 0.333. The number of thiophene rings is 1. The van der Waals surface area contributed by atoms with Gasteiger partial charge in [-0.3, -0.25) is 9.59 Å². The lowest BCUT2D eigenvalue weighted by Gasteiger charge is -2.15. The van der Waals surface area contributed by atoms with Crippen molar-refractivity contribution in [1.29, 1.82) is 0 Å². The standard InChI is InChI=1S/C9H12N2O2S/c1-10-9(13)4-11(2)7-3-8(5-12)14-6-7/h3,5-6H,4H2,1-2H3,(H,10,13). The summed E-state index contributed by atoms with van der Waals surface area (Å²) in [6.45, 7) is 0.297. The highest BCUT2D eigenvalue weighted by atomic mass is 32.1. The molecule has 1 N–H and O–H groups in total. The van der Waals surface area contributed by atoms with Gasteiger partial charge in [0.25, 0.3) is 0 Å². The zero-order valence-corrected chi connectivity index (χ0v) is 8.93. The minimum Gasteiger partial charge on any atom is -0.365 e. The third-order valence-electron chi connectivity index (χ3n) is 1.82. The van der Waals surface area contributed by atoms with Crippen LogP contribution in [0.1, 0.15) is 9.67 Å². The van der Waals surface area contributed by atoms with Crippen molar-refractivity contribution in [3.63, 3.8) is 0 Å². The largest absolute Gasteiger partial charge is 0.365 e. The summed E-state index contributed by atoms with van der Waals surface area (Å²) in [5.74, 6) is -0.0497. The molecular formula is C9H12N2O2S. The summed E-state index contributed by atoms with van der Waals surface area (Å²) < 4.78 is 0. The number of carbonyl (C=O) groups excluding carboxylic acids is 2. The Morgan fingerprint density at radius 2 is 2.43 bits per heavy atom. The second-order valence-corrected chi connectivity index (χ2v) is 3.80. The molecule has 1 amide bonds. The van der Waals surface area contributed by atoms with E-state index in [4.69, 9.17) is 0 Å². The van der Waals surface area contributed by atoms with Crippen molar-refractivity contribution in [1.82, 2.24) is 5.32 Å². The molecule has 5 heteroatoms. The van der Waals surface area contributed by atoms with Crippen LogP contribution < -0.4 is 10.2 Å². The zero-order valence-electron chi connectivity index (χ0n) is 8.11. The number of nitrogens with zero attached hydrogens (tertiary/aromatic N) is 1. The van der Waals surface area contributed by atoms with E-state index in [9.17, 15) is 9.59 Å². The highest BCUT2D eigenvalue weighted by Crippen LogP contribution is 2.20. The second kappa shape index (κ2) is 4.76. The van der Waals surface area contributed by atoms with Crippen molar-refractivity contribution in [3.05, 3.63) is 16.3 Å². The Morgan fingerprint density at radius 3 is 2.93 bits per heavy atom. The Hall–Kier alpha value is -1.36. The third-order valence-corrected chi connectivity index (χ3v) is 2.67. The topological polar surface area (TPSA) is 49.4 Å². The van der Waals surface area contributed by atoms with E-state index in [-0.39, 0.29) is 5.91 Å². The first-order valence-corrected chi connectivity index (χ1v) is 5.00. The minimum atomic E-state index is -0.0497. The fourth-order valence-electron chi connectivity index (χ4n) is 0.990. The Balaban J connectivity index is 2.64. The highest BCUT2D eigenvalue weighted by Gasteiger charge is 2.07. The molecular weight excluding hydrogens is 200 g/mol. The summed E-state index contributed by atoms with van der Waals surface area (Å²) in [5, 5.41) is 4.39. The van der Waals surface area contributed by atoms with Crippen molar-refractivity contribution < 1.29 is 9.59 Å². The van der Waals surface area contributed by atoms with Crippen LogP contribution in [0.3, 0.4) is 0 Å². The molecule has 1 rings (SSSR count). The number of rotatable bonds is 4. The molecule has 0 fully saturated rings. The number of amides is 1. The van der Waals surface area contributed by atoms with Gasteiger partial charge in [0.05, 0.1) is 11.4 Å². The molecule has 14 heavy (non-hydrogen) atoms. The van der Waals surface area contributed by atoms with E-state index in [0.717, 1.165) is 12.0 Å². The number of carbonyl (C=O) groups is 2. The number of hydrogen-bond acceptors (Lipinski definition) is 4. The molecule has 1 heterocycles. The molecule has 0 saturated carbocycles. The van der Waals surface area contributed by atoms with Crippen LogP contribution in [0.5, 0.6) is 0 Å². The van der Waals surface area contributed by atoms with Crippen LogP contribution >= 0.6 is 11.3 Å². The average molecular weight is 212 g/mol. The van der Waals surface area contributed by atoms with Gasteiger partial charge in [-0.2, -0.15) is 0 Å². The second-order valence-electron chi connectivity index (χ2n) is 2.85. The van der Waals surface area contributed by atoms with Crippen LogP contribution in [0.25, 0.3) is 0 Å². The van der Waals surface area contributed by atoms with E-state index in [1.54, 1.807) is 18.0 Å². The molecule has 0 aliphatic carbocycles. The SMILES string of the molecule is CNC(=O)CN(C)c1csc(C=O)c1. The van der Waals surface area contributed by atoms with Gasteiger partial charge in [-0.05, 0) is 6.07 Å². The van der Waals surface area contributed by atoms with Crippen LogP contribution in [-0.4, -0.2) is 32.8 Å². The van der Waals surface area contributed by atoms with E-state index in [1.807, 2.05) is 12.4 Å². The van der Waals surface area contributed by atoms with Gasteiger partial charge >= 0.3 is 0 Å². The first-order chi connectivity index (χ1) is 6.67. The Bertz CT molecular complexity index is 335. The van der Waals surface area contributed by atoms with Gasteiger partial charge in [-0.25, -0.2) is 0 Å². The molecule has 0 unspecified atom stereocenters. The van der Waals surface area contributed by atoms with Gasteiger partial charge in [0, 0.05) is 25.2 Å². The van der Waals surface area contributed by atoms with Crippen molar-refractivity contribution >= 4 is 29.2 Å². The molecule has 0 radical (unpaired) electrons. The lowest BCUT2D eigenvalue weighted by molar-refractivity contribution is -0.119. The quantitative estimate of drug-likeness (QED) is 0.749. The van der Waals surface area contributed by atoms with E-state index < -0.39 is 0 Å². The first kappa shape index (κ1) is 10.7. The molecule has 1 aromatic rings. The summed E-state index contributed by atoms with van der Waals surface area (Å²) in [6.07, 6.45) is 0.807. The molecule has 4 nitrogen and oxygen atoms in total. The first-order valence-electron chi connectivity index (χ1n) is 4.12. The van der Waals surface area contributed by atoms with Gasteiger partial charge in [0.2, 0.25) is 5.91 Å². The lowest BCUT2D eigenvalue weighted by Crippen LogP contribution is -2.32. The molecule has 76 valence electrons. The van der Waals surface area contributed by atoms with Gasteiger partial charge < -0.3 is 10.2 Å². The fourth-order valence-corrected chi connectivity index (χ4v) is 1.74. The number of anilines is 1. The lowest BCUT2D eigenvalue weighted by atomic mass is 10.4. The molecule has 0 atom stereocenters.